The standard InChI is InChI=1S/C17H18N4OS/c1-12-6-7-16(23-12)14-11-15(20-19-14)17(22)21(2)10-8-13-5-3-4-9-18-13/h3-7,9,11H,8,10H2,1-2H3,(H,19,20). The van der Waals surface area contributed by atoms with Crippen LogP contribution in [0, 0.1) is 6.92 Å². The summed E-state index contributed by atoms with van der Waals surface area (Å²) in [7, 11) is 1.79. The molecule has 0 radical (unpaired) electrons. The Hall–Kier alpha value is -2.47. The summed E-state index contributed by atoms with van der Waals surface area (Å²) >= 11 is 1.68. The van der Waals surface area contributed by atoms with E-state index in [0.29, 0.717) is 12.2 Å². The number of H-pyrrole nitrogens is 1. The van der Waals surface area contributed by atoms with E-state index in [0.717, 1.165) is 22.7 Å². The SMILES string of the molecule is Cc1ccc(-c2cc(C(=O)N(C)CCc3ccccn3)n[nH]2)s1. The number of aromatic amines is 1. The van der Waals surface area contributed by atoms with Crippen LogP contribution in [0.25, 0.3) is 10.6 Å². The van der Waals surface area contributed by atoms with Crippen molar-refractivity contribution in [3.8, 4) is 10.6 Å². The fourth-order valence-corrected chi connectivity index (χ4v) is 3.10. The fourth-order valence-electron chi connectivity index (χ4n) is 2.26. The predicted molar refractivity (Wildman–Crippen MR) is 91.5 cm³/mol. The quantitative estimate of drug-likeness (QED) is 0.783. The Labute approximate surface area is 139 Å². The van der Waals surface area contributed by atoms with E-state index in [4.69, 9.17) is 0 Å². The number of aromatic nitrogens is 3. The smallest absolute Gasteiger partial charge is 0.274 e. The second kappa shape index (κ2) is 6.75. The lowest BCUT2D eigenvalue weighted by Crippen LogP contribution is -2.29. The summed E-state index contributed by atoms with van der Waals surface area (Å²) in [6.07, 6.45) is 2.49. The minimum absolute atomic E-state index is 0.0864. The topological polar surface area (TPSA) is 61.9 Å². The third kappa shape index (κ3) is 3.65. The van der Waals surface area contributed by atoms with Gasteiger partial charge in [-0.15, -0.1) is 11.3 Å². The average molecular weight is 326 g/mol. The summed E-state index contributed by atoms with van der Waals surface area (Å²) < 4.78 is 0. The maximum absolute atomic E-state index is 12.4. The molecule has 0 fully saturated rings. The molecular weight excluding hydrogens is 308 g/mol. The first-order chi connectivity index (χ1) is 11.1. The molecule has 3 rings (SSSR count). The predicted octanol–water partition coefficient (Wildman–Crippen LogP) is 3.16. The summed E-state index contributed by atoms with van der Waals surface area (Å²) in [5.41, 5.74) is 2.29. The molecule has 0 saturated heterocycles. The van der Waals surface area contributed by atoms with Crippen LogP contribution < -0.4 is 0 Å². The van der Waals surface area contributed by atoms with Crippen LogP contribution in [0.5, 0.6) is 0 Å². The maximum Gasteiger partial charge on any atom is 0.274 e. The molecule has 3 aromatic heterocycles. The Morgan fingerprint density at radius 2 is 2.17 bits per heavy atom. The number of thiophene rings is 1. The zero-order valence-corrected chi connectivity index (χ0v) is 13.9. The molecule has 0 unspecified atom stereocenters. The highest BCUT2D eigenvalue weighted by Gasteiger charge is 2.16. The van der Waals surface area contributed by atoms with Crippen molar-refractivity contribution in [3.63, 3.8) is 0 Å². The Morgan fingerprint density at radius 3 is 2.87 bits per heavy atom. The van der Waals surface area contributed by atoms with Gasteiger partial charge >= 0.3 is 0 Å². The van der Waals surface area contributed by atoms with Crippen molar-refractivity contribution < 1.29 is 4.79 Å². The van der Waals surface area contributed by atoms with E-state index in [-0.39, 0.29) is 5.91 Å². The number of carbonyl (C=O) groups excluding carboxylic acids is 1. The summed E-state index contributed by atoms with van der Waals surface area (Å²) in [5, 5.41) is 7.10. The molecule has 23 heavy (non-hydrogen) atoms. The number of hydrogen-bond acceptors (Lipinski definition) is 4. The molecule has 3 aromatic rings. The Morgan fingerprint density at radius 1 is 1.30 bits per heavy atom. The second-order valence-electron chi connectivity index (χ2n) is 5.37. The van der Waals surface area contributed by atoms with E-state index < -0.39 is 0 Å². The summed E-state index contributed by atoms with van der Waals surface area (Å²) in [4.78, 5) is 20.7. The van der Waals surface area contributed by atoms with E-state index in [2.05, 4.69) is 28.2 Å². The Balaban J connectivity index is 1.64. The Bertz CT molecular complexity index is 794. The van der Waals surface area contributed by atoms with Crippen LogP contribution >= 0.6 is 11.3 Å². The summed E-state index contributed by atoms with van der Waals surface area (Å²) in [6, 6.07) is 11.7. The molecule has 5 nitrogen and oxygen atoms in total. The largest absolute Gasteiger partial charge is 0.340 e. The minimum Gasteiger partial charge on any atom is -0.340 e. The molecule has 1 N–H and O–H groups in total. The third-order valence-electron chi connectivity index (χ3n) is 3.58. The average Bonchev–Trinajstić information content (AvgIpc) is 3.21. The van der Waals surface area contributed by atoms with Gasteiger partial charge in [0.05, 0.1) is 10.6 Å². The molecule has 0 bridgehead atoms. The number of nitrogens with zero attached hydrogens (tertiary/aromatic N) is 3. The molecule has 3 heterocycles. The lowest BCUT2D eigenvalue weighted by Gasteiger charge is -2.15. The van der Waals surface area contributed by atoms with E-state index in [1.165, 1.54) is 4.88 Å². The number of carbonyl (C=O) groups is 1. The number of likely N-dealkylation sites (N-methyl/N-ethyl adjacent to an activating group) is 1. The molecule has 0 aromatic carbocycles. The minimum atomic E-state index is -0.0864. The molecule has 0 spiro atoms. The van der Waals surface area contributed by atoms with Gasteiger partial charge in [0.15, 0.2) is 5.69 Å². The van der Waals surface area contributed by atoms with Crippen LogP contribution in [-0.2, 0) is 6.42 Å². The van der Waals surface area contributed by atoms with Crippen molar-refractivity contribution >= 4 is 17.2 Å². The lowest BCUT2D eigenvalue weighted by atomic mass is 10.2. The van der Waals surface area contributed by atoms with E-state index >= 15 is 0 Å². The molecule has 0 aliphatic carbocycles. The summed E-state index contributed by atoms with van der Waals surface area (Å²) in [5.74, 6) is -0.0864. The molecule has 0 aliphatic rings. The molecule has 6 heteroatoms. The second-order valence-corrected chi connectivity index (χ2v) is 6.66. The van der Waals surface area contributed by atoms with Crippen LogP contribution in [0.4, 0.5) is 0 Å². The van der Waals surface area contributed by atoms with Crippen molar-refractivity contribution in [3.05, 3.63) is 58.9 Å². The van der Waals surface area contributed by atoms with E-state index in [9.17, 15) is 4.79 Å². The van der Waals surface area contributed by atoms with Gasteiger partial charge in [-0.25, -0.2) is 0 Å². The molecule has 0 aliphatic heterocycles. The zero-order chi connectivity index (χ0) is 16.2. The number of nitrogens with one attached hydrogen (secondary N) is 1. The highest BCUT2D eigenvalue weighted by molar-refractivity contribution is 7.15. The fraction of sp³-hybridized carbons (Fsp3) is 0.235. The van der Waals surface area contributed by atoms with Gasteiger partial charge in [-0.2, -0.15) is 5.10 Å². The number of pyridine rings is 1. The van der Waals surface area contributed by atoms with Crippen molar-refractivity contribution in [1.82, 2.24) is 20.1 Å². The van der Waals surface area contributed by atoms with Crippen LogP contribution in [0.3, 0.4) is 0 Å². The highest BCUT2D eigenvalue weighted by Crippen LogP contribution is 2.26. The van der Waals surface area contributed by atoms with Crippen LogP contribution in [0.15, 0.2) is 42.6 Å². The molecule has 1 amide bonds. The first-order valence-corrected chi connectivity index (χ1v) is 8.23. The third-order valence-corrected chi connectivity index (χ3v) is 4.61. The van der Waals surface area contributed by atoms with Gasteiger partial charge in [0.2, 0.25) is 0 Å². The van der Waals surface area contributed by atoms with Crippen LogP contribution in [0.1, 0.15) is 21.1 Å². The van der Waals surface area contributed by atoms with Gasteiger partial charge in [-0.1, -0.05) is 6.07 Å². The van der Waals surface area contributed by atoms with Gasteiger partial charge in [0, 0.05) is 36.8 Å². The van der Waals surface area contributed by atoms with Gasteiger partial charge in [-0.05, 0) is 37.3 Å². The number of aryl methyl sites for hydroxylation is 1. The van der Waals surface area contributed by atoms with Crippen molar-refractivity contribution in [2.75, 3.05) is 13.6 Å². The van der Waals surface area contributed by atoms with Gasteiger partial charge < -0.3 is 4.90 Å². The number of hydrogen-bond donors (Lipinski definition) is 1. The normalized spacial score (nSPS) is 10.7. The maximum atomic E-state index is 12.4. The number of amides is 1. The zero-order valence-electron chi connectivity index (χ0n) is 13.1. The summed E-state index contributed by atoms with van der Waals surface area (Å²) in [6.45, 7) is 2.66. The number of rotatable bonds is 5. The lowest BCUT2D eigenvalue weighted by molar-refractivity contribution is 0.0790. The molecular formula is C17H18N4OS. The molecule has 0 atom stereocenters. The van der Waals surface area contributed by atoms with E-state index in [1.807, 2.05) is 30.3 Å². The van der Waals surface area contributed by atoms with Gasteiger partial charge in [0.25, 0.3) is 5.91 Å². The monoisotopic (exact) mass is 326 g/mol. The van der Waals surface area contributed by atoms with Crippen molar-refractivity contribution in [2.45, 2.75) is 13.3 Å². The van der Waals surface area contributed by atoms with Crippen LogP contribution in [-0.4, -0.2) is 39.6 Å². The first-order valence-electron chi connectivity index (χ1n) is 7.41. The molecule has 0 saturated carbocycles. The molecule has 118 valence electrons. The van der Waals surface area contributed by atoms with Crippen molar-refractivity contribution in [1.29, 1.82) is 0 Å². The van der Waals surface area contributed by atoms with E-state index in [1.54, 1.807) is 29.5 Å². The first kappa shape index (κ1) is 15.4. The highest BCUT2D eigenvalue weighted by atomic mass is 32.1. The van der Waals surface area contributed by atoms with Gasteiger partial charge in [0.1, 0.15) is 0 Å². The van der Waals surface area contributed by atoms with Crippen molar-refractivity contribution in [2.24, 2.45) is 0 Å². The Kier molecular flexibility index (Phi) is 4.52. The van der Waals surface area contributed by atoms with Crippen LogP contribution in [0.2, 0.25) is 0 Å². The van der Waals surface area contributed by atoms with Gasteiger partial charge in [-0.3, -0.25) is 14.9 Å².